The van der Waals surface area contributed by atoms with Crippen LogP contribution in [0.1, 0.15) is 54.9 Å². The fourth-order valence-corrected chi connectivity index (χ4v) is 2.88. The van der Waals surface area contributed by atoms with Crippen molar-refractivity contribution in [1.29, 1.82) is 0 Å². The molecule has 1 amide bonds. The average molecular weight is 289 g/mol. The number of hydrogen-bond donors (Lipinski definition) is 1. The van der Waals surface area contributed by atoms with Crippen molar-refractivity contribution in [2.45, 2.75) is 51.5 Å². The molecule has 1 aromatic carbocycles. The van der Waals surface area contributed by atoms with Crippen molar-refractivity contribution in [1.82, 2.24) is 4.90 Å². The topological polar surface area (TPSA) is 57.6 Å². The number of aryl methyl sites for hydroxylation is 1. The van der Waals surface area contributed by atoms with Crippen LogP contribution in [0.25, 0.3) is 0 Å². The summed E-state index contributed by atoms with van der Waals surface area (Å²) >= 11 is 0. The van der Waals surface area contributed by atoms with Crippen LogP contribution in [0.3, 0.4) is 0 Å². The molecule has 114 valence electrons. The molecular weight excluding hydrogens is 266 g/mol. The Morgan fingerprint density at radius 3 is 2.62 bits per heavy atom. The summed E-state index contributed by atoms with van der Waals surface area (Å²) < 4.78 is 0. The van der Waals surface area contributed by atoms with E-state index in [1.807, 2.05) is 24.3 Å². The smallest absolute Gasteiger partial charge is 0.305 e. The number of amides is 1. The predicted molar refractivity (Wildman–Crippen MR) is 81.4 cm³/mol. The second-order valence-electron chi connectivity index (χ2n) is 5.69. The van der Waals surface area contributed by atoms with Gasteiger partial charge >= 0.3 is 5.97 Å². The third-order valence-electron chi connectivity index (χ3n) is 4.07. The van der Waals surface area contributed by atoms with Crippen molar-refractivity contribution in [3.05, 3.63) is 35.4 Å². The van der Waals surface area contributed by atoms with Gasteiger partial charge in [-0.15, -0.1) is 0 Å². The van der Waals surface area contributed by atoms with Crippen LogP contribution in [0.15, 0.2) is 24.3 Å². The molecule has 1 fully saturated rings. The minimum atomic E-state index is -0.838. The lowest BCUT2D eigenvalue weighted by Gasteiger charge is -2.23. The van der Waals surface area contributed by atoms with Gasteiger partial charge in [-0.1, -0.05) is 25.5 Å². The molecule has 1 N–H and O–H groups in total. The summed E-state index contributed by atoms with van der Waals surface area (Å²) in [7, 11) is 0. The van der Waals surface area contributed by atoms with E-state index in [1.165, 1.54) is 5.56 Å². The number of hydrogen-bond acceptors (Lipinski definition) is 2. The van der Waals surface area contributed by atoms with E-state index < -0.39 is 5.97 Å². The summed E-state index contributed by atoms with van der Waals surface area (Å²) in [5.74, 6) is -0.879. The van der Waals surface area contributed by atoms with Crippen molar-refractivity contribution in [3.63, 3.8) is 0 Å². The number of carbonyl (C=O) groups is 2. The summed E-state index contributed by atoms with van der Waals surface area (Å²) in [5.41, 5.74) is 1.91. The summed E-state index contributed by atoms with van der Waals surface area (Å²) in [4.78, 5) is 25.1. The quantitative estimate of drug-likeness (QED) is 0.875. The molecule has 1 atom stereocenters. The summed E-state index contributed by atoms with van der Waals surface area (Å²) in [6, 6.07) is 7.58. The second-order valence-corrected chi connectivity index (χ2v) is 5.69. The summed E-state index contributed by atoms with van der Waals surface area (Å²) in [5, 5.41) is 8.92. The van der Waals surface area contributed by atoms with Gasteiger partial charge in [0, 0.05) is 18.2 Å². The number of unbranched alkanes of at least 4 members (excludes halogenated alkanes) is 1. The Balaban J connectivity index is 2.03. The minimum absolute atomic E-state index is 0.0409. The van der Waals surface area contributed by atoms with E-state index in [0.717, 1.165) is 32.1 Å². The van der Waals surface area contributed by atoms with Gasteiger partial charge < -0.3 is 10.0 Å². The molecule has 2 rings (SSSR count). The van der Waals surface area contributed by atoms with Crippen molar-refractivity contribution in [2.24, 2.45) is 0 Å². The van der Waals surface area contributed by atoms with Crippen LogP contribution >= 0.6 is 0 Å². The largest absolute Gasteiger partial charge is 0.481 e. The highest BCUT2D eigenvalue weighted by Crippen LogP contribution is 2.23. The number of likely N-dealkylation sites (tertiary alicyclic amines) is 1. The molecule has 21 heavy (non-hydrogen) atoms. The van der Waals surface area contributed by atoms with Gasteiger partial charge in [0.15, 0.2) is 0 Å². The lowest BCUT2D eigenvalue weighted by atomic mass is 10.1. The fourth-order valence-electron chi connectivity index (χ4n) is 2.88. The minimum Gasteiger partial charge on any atom is -0.481 e. The Hall–Kier alpha value is -1.84. The highest BCUT2D eigenvalue weighted by molar-refractivity contribution is 5.94. The molecule has 0 aliphatic carbocycles. The van der Waals surface area contributed by atoms with Gasteiger partial charge in [-0.05, 0) is 43.4 Å². The van der Waals surface area contributed by atoms with Gasteiger partial charge in [0.1, 0.15) is 0 Å². The third-order valence-corrected chi connectivity index (χ3v) is 4.07. The molecule has 0 radical (unpaired) electrons. The van der Waals surface area contributed by atoms with E-state index in [9.17, 15) is 9.59 Å². The van der Waals surface area contributed by atoms with Crippen molar-refractivity contribution < 1.29 is 14.7 Å². The molecule has 0 aromatic heterocycles. The Morgan fingerprint density at radius 2 is 2.00 bits per heavy atom. The first-order valence-corrected chi connectivity index (χ1v) is 7.73. The van der Waals surface area contributed by atoms with Crippen molar-refractivity contribution in [2.75, 3.05) is 6.54 Å². The highest BCUT2D eigenvalue weighted by Gasteiger charge is 2.30. The molecule has 1 aromatic rings. The number of carboxylic acid groups (broad SMARTS) is 1. The van der Waals surface area contributed by atoms with E-state index in [2.05, 4.69) is 6.92 Å². The van der Waals surface area contributed by atoms with E-state index in [0.29, 0.717) is 12.1 Å². The molecule has 1 heterocycles. The molecule has 4 heteroatoms. The van der Waals surface area contributed by atoms with Crippen LogP contribution in [0.2, 0.25) is 0 Å². The molecule has 1 saturated heterocycles. The summed E-state index contributed by atoms with van der Waals surface area (Å²) in [6.07, 6.45) is 5.06. The lowest BCUT2D eigenvalue weighted by Crippen LogP contribution is -2.36. The molecule has 1 aliphatic rings. The van der Waals surface area contributed by atoms with Crippen LogP contribution in [0.5, 0.6) is 0 Å². The molecule has 0 saturated carbocycles. The van der Waals surface area contributed by atoms with Gasteiger partial charge in [-0.3, -0.25) is 9.59 Å². The Kier molecular flexibility index (Phi) is 5.37. The van der Waals surface area contributed by atoms with E-state index in [-0.39, 0.29) is 18.4 Å². The molecule has 4 nitrogen and oxygen atoms in total. The number of carbonyl (C=O) groups excluding carboxylic acids is 1. The number of benzene rings is 1. The molecule has 0 spiro atoms. The number of carboxylic acids is 1. The molecule has 1 aliphatic heterocycles. The van der Waals surface area contributed by atoms with Gasteiger partial charge in [-0.25, -0.2) is 0 Å². The van der Waals surface area contributed by atoms with Gasteiger partial charge in [0.2, 0.25) is 0 Å². The molecule has 1 unspecified atom stereocenters. The average Bonchev–Trinajstić information content (AvgIpc) is 2.92. The van der Waals surface area contributed by atoms with Gasteiger partial charge in [-0.2, -0.15) is 0 Å². The maximum Gasteiger partial charge on any atom is 0.305 e. The molecular formula is C17H23NO3. The Labute approximate surface area is 125 Å². The van der Waals surface area contributed by atoms with Crippen LogP contribution in [-0.2, 0) is 11.2 Å². The lowest BCUT2D eigenvalue weighted by molar-refractivity contribution is -0.137. The SMILES string of the molecule is CCCCc1ccc(C(=O)N2CCCC2CC(=O)O)cc1. The van der Waals surface area contributed by atoms with Crippen LogP contribution < -0.4 is 0 Å². The predicted octanol–water partition coefficient (Wildman–Crippen LogP) is 3.11. The van der Waals surface area contributed by atoms with E-state index in [1.54, 1.807) is 4.90 Å². The summed E-state index contributed by atoms with van der Waals surface area (Å²) in [6.45, 7) is 2.82. The first-order chi connectivity index (χ1) is 10.1. The monoisotopic (exact) mass is 289 g/mol. The maximum atomic E-state index is 12.5. The Bertz CT molecular complexity index is 495. The zero-order valence-corrected chi connectivity index (χ0v) is 12.5. The first kappa shape index (κ1) is 15.5. The number of aliphatic carboxylic acids is 1. The fraction of sp³-hybridized carbons (Fsp3) is 0.529. The van der Waals surface area contributed by atoms with Crippen LogP contribution in [0, 0.1) is 0 Å². The van der Waals surface area contributed by atoms with E-state index >= 15 is 0 Å². The zero-order valence-electron chi connectivity index (χ0n) is 12.5. The maximum absolute atomic E-state index is 12.5. The van der Waals surface area contributed by atoms with Crippen molar-refractivity contribution >= 4 is 11.9 Å². The van der Waals surface area contributed by atoms with E-state index in [4.69, 9.17) is 5.11 Å². The standard InChI is InChI=1S/C17H23NO3/c1-2-3-5-13-7-9-14(10-8-13)17(21)18-11-4-6-15(18)12-16(19)20/h7-10,15H,2-6,11-12H2,1H3,(H,19,20). The highest BCUT2D eigenvalue weighted by atomic mass is 16.4. The number of rotatable bonds is 6. The first-order valence-electron chi connectivity index (χ1n) is 7.73. The molecule has 0 bridgehead atoms. The van der Waals surface area contributed by atoms with Gasteiger partial charge in [0.05, 0.1) is 6.42 Å². The third kappa shape index (κ3) is 4.06. The number of nitrogens with zero attached hydrogens (tertiary/aromatic N) is 1. The Morgan fingerprint density at radius 1 is 1.29 bits per heavy atom. The zero-order chi connectivity index (χ0) is 15.2. The second kappa shape index (κ2) is 7.25. The van der Waals surface area contributed by atoms with Gasteiger partial charge in [0.25, 0.3) is 5.91 Å². The van der Waals surface area contributed by atoms with Crippen LogP contribution in [0.4, 0.5) is 0 Å². The van der Waals surface area contributed by atoms with Crippen molar-refractivity contribution in [3.8, 4) is 0 Å². The normalized spacial score (nSPS) is 18.0. The van der Waals surface area contributed by atoms with Crippen LogP contribution in [-0.4, -0.2) is 34.5 Å².